The lowest BCUT2D eigenvalue weighted by Crippen LogP contribution is -2.56. The van der Waals surface area contributed by atoms with Gasteiger partial charge in [-0.2, -0.15) is 0 Å². The number of rotatable bonds is 4. The maximum atomic E-state index is 12.6. The molecule has 5 heteroatoms. The first-order valence-electron chi connectivity index (χ1n) is 10.4. The molecule has 3 saturated carbocycles. The van der Waals surface area contributed by atoms with Crippen molar-refractivity contribution < 1.29 is 24.2 Å². The number of ketones is 1. The molecule has 2 unspecified atom stereocenters. The fourth-order valence-electron chi connectivity index (χ4n) is 6.56. The molecule has 0 amide bonds. The number of carbonyl (C=O) groups excluding carboxylic acids is 2. The predicted molar refractivity (Wildman–Crippen MR) is 102 cm³/mol. The Kier molecular flexibility index (Phi) is 5.61. The molecule has 1 spiro atoms. The number of methoxy groups -OCH3 is 1. The van der Waals surface area contributed by atoms with Crippen LogP contribution in [0.15, 0.2) is 0 Å². The van der Waals surface area contributed by atoms with E-state index in [0.717, 1.165) is 32.0 Å². The van der Waals surface area contributed by atoms with Crippen molar-refractivity contribution in [1.82, 2.24) is 0 Å². The van der Waals surface area contributed by atoms with Gasteiger partial charge in [0.2, 0.25) is 0 Å². The summed E-state index contributed by atoms with van der Waals surface area (Å²) in [6.45, 7) is 8.56. The summed E-state index contributed by atoms with van der Waals surface area (Å²) < 4.78 is 11.2. The molecule has 3 aliphatic carbocycles. The highest BCUT2D eigenvalue weighted by molar-refractivity contribution is 5.82. The first-order chi connectivity index (χ1) is 12.6. The maximum absolute atomic E-state index is 12.6. The molecular weight excluding hydrogens is 344 g/mol. The van der Waals surface area contributed by atoms with Crippen molar-refractivity contribution in [3.8, 4) is 0 Å². The molecule has 3 bridgehead atoms. The summed E-state index contributed by atoms with van der Waals surface area (Å²) in [6.07, 6.45) is 4.40. The fourth-order valence-corrected chi connectivity index (χ4v) is 6.56. The minimum Gasteiger partial charge on any atom is -0.393 e. The Bertz CT molecular complexity index is 591. The third-order valence-corrected chi connectivity index (χ3v) is 8.57. The summed E-state index contributed by atoms with van der Waals surface area (Å²) in [5, 5.41) is 11.3. The van der Waals surface area contributed by atoms with Crippen molar-refractivity contribution >= 4 is 12.1 Å². The molecule has 3 fully saturated rings. The molecule has 0 aromatic carbocycles. The molecule has 27 heavy (non-hydrogen) atoms. The van der Waals surface area contributed by atoms with E-state index in [9.17, 15) is 14.7 Å². The van der Waals surface area contributed by atoms with E-state index in [-0.39, 0.29) is 41.5 Å². The van der Waals surface area contributed by atoms with Gasteiger partial charge in [-0.05, 0) is 54.8 Å². The van der Waals surface area contributed by atoms with Crippen molar-refractivity contribution in [3.05, 3.63) is 0 Å². The zero-order valence-electron chi connectivity index (χ0n) is 17.5. The molecule has 0 saturated heterocycles. The summed E-state index contributed by atoms with van der Waals surface area (Å²) in [5.41, 5.74) is -1.18. The van der Waals surface area contributed by atoms with E-state index in [1.807, 2.05) is 6.92 Å². The second-order valence-electron chi connectivity index (χ2n) is 10.2. The molecule has 3 aliphatic rings. The Morgan fingerprint density at radius 2 is 1.96 bits per heavy atom. The van der Waals surface area contributed by atoms with Crippen LogP contribution in [0.1, 0.15) is 66.2 Å². The second-order valence-corrected chi connectivity index (χ2v) is 10.2. The van der Waals surface area contributed by atoms with Crippen molar-refractivity contribution in [1.29, 1.82) is 0 Å². The number of fused-ring (bicyclic) bond motifs is 2. The lowest BCUT2D eigenvalue weighted by atomic mass is 9.51. The third-order valence-electron chi connectivity index (χ3n) is 8.57. The van der Waals surface area contributed by atoms with Gasteiger partial charge in [0.05, 0.1) is 17.6 Å². The zero-order chi connectivity index (χ0) is 20.0. The number of hydrogen-bond donors (Lipinski definition) is 1. The number of Topliss-reactive ketones (excluding diaryl/α,β-unsaturated/α-hetero) is 1. The van der Waals surface area contributed by atoms with Gasteiger partial charge in [0.15, 0.2) is 0 Å². The smallest absolute Gasteiger partial charge is 0.146 e. The Morgan fingerprint density at radius 1 is 1.26 bits per heavy atom. The van der Waals surface area contributed by atoms with Crippen molar-refractivity contribution in [2.45, 2.75) is 78.4 Å². The standard InChI is InChI=1S/C22H36O5/c1-14-8-16-9-22(7-6-17(16)24)11-21(14,4)18(25)10-20(3,12-23)19(15(22)2)27-13-26-5/h12,14-16,18-19,25H,6-11,13H2,1-5H3/t14-,15+,16?,18-,19+,20+,21+,22?/m1/s1. The Hall–Kier alpha value is -0.780. The molecule has 0 radical (unpaired) electrons. The van der Waals surface area contributed by atoms with Gasteiger partial charge in [-0.15, -0.1) is 0 Å². The summed E-state index contributed by atoms with van der Waals surface area (Å²) >= 11 is 0. The number of aliphatic hydroxyl groups excluding tert-OH is 1. The predicted octanol–water partition coefficient (Wildman–Crippen LogP) is 3.37. The average Bonchev–Trinajstić information content (AvgIpc) is 2.72. The Labute approximate surface area is 163 Å². The zero-order valence-corrected chi connectivity index (χ0v) is 17.5. The van der Waals surface area contributed by atoms with Crippen LogP contribution in [0.2, 0.25) is 0 Å². The van der Waals surface area contributed by atoms with Crippen LogP contribution < -0.4 is 0 Å². The van der Waals surface area contributed by atoms with Gasteiger partial charge >= 0.3 is 0 Å². The number of aliphatic hydroxyl groups is 1. The lowest BCUT2D eigenvalue weighted by Gasteiger charge is -2.55. The van der Waals surface area contributed by atoms with E-state index in [4.69, 9.17) is 9.47 Å². The minimum atomic E-state index is -0.785. The maximum Gasteiger partial charge on any atom is 0.146 e. The first-order valence-corrected chi connectivity index (χ1v) is 10.4. The van der Waals surface area contributed by atoms with Crippen LogP contribution in [0.25, 0.3) is 0 Å². The fraction of sp³-hybridized carbons (Fsp3) is 0.909. The van der Waals surface area contributed by atoms with E-state index in [2.05, 4.69) is 20.8 Å². The van der Waals surface area contributed by atoms with E-state index in [0.29, 0.717) is 18.6 Å². The van der Waals surface area contributed by atoms with Gasteiger partial charge in [0, 0.05) is 19.4 Å². The minimum absolute atomic E-state index is 0.0638. The summed E-state index contributed by atoms with van der Waals surface area (Å²) in [7, 11) is 1.58. The van der Waals surface area contributed by atoms with Gasteiger partial charge < -0.3 is 19.4 Å². The molecular formula is C22H36O5. The van der Waals surface area contributed by atoms with E-state index in [1.54, 1.807) is 7.11 Å². The number of carbonyl (C=O) groups is 2. The van der Waals surface area contributed by atoms with Crippen LogP contribution in [0.5, 0.6) is 0 Å². The van der Waals surface area contributed by atoms with Crippen molar-refractivity contribution in [2.24, 2.45) is 34.0 Å². The number of ether oxygens (including phenoxy) is 2. The number of hydrogen-bond acceptors (Lipinski definition) is 5. The SMILES string of the molecule is COCO[C@H]1[C@H](C)C23CCC(=O)C(C[C@@H](C)[C@](C)(C2)[C@H](O)C[C@@]1(C)C=O)C3. The van der Waals surface area contributed by atoms with Crippen LogP contribution in [-0.2, 0) is 19.1 Å². The topological polar surface area (TPSA) is 72.8 Å². The van der Waals surface area contributed by atoms with Gasteiger partial charge in [-0.25, -0.2) is 0 Å². The summed E-state index contributed by atoms with van der Waals surface area (Å²) in [4.78, 5) is 24.9. The summed E-state index contributed by atoms with van der Waals surface area (Å²) in [6, 6.07) is 0. The molecule has 154 valence electrons. The summed E-state index contributed by atoms with van der Waals surface area (Å²) in [5.74, 6) is 0.778. The highest BCUT2D eigenvalue weighted by Crippen LogP contribution is 2.62. The largest absolute Gasteiger partial charge is 0.393 e. The molecule has 0 aliphatic heterocycles. The Balaban J connectivity index is 2.12. The van der Waals surface area contributed by atoms with Gasteiger partial charge in [0.1, 0.15) is 18.9 Å². The highest BCUT2D eigenvalue weighted by Gasteiger charge is 2.60. The average molecular weight is 381 g/mol. The monoisotopic (exact) mass is 380 g/mol. The first kappa shape index (κ1) is 20.9. The highest BCUT2D eigenvalue weighted by atomic mass is 16.7. The normalized spacial score (nSPS) is 50.4. The van der Waals surface area contributed by atoms with Crippen LogP contribution in [0.4, 0.5) is 0 Å². The van der Waals surface area contributed by atoms with Crippen molar-refractivity contribution in [2.75, 3.05) is 13.9 Å². The van der Waals surface area contributed by atoms with E-state index < -0.39 is 11.5 Å². The molecule has 3 rings (SSSR count). The van der Waals surface area contributed by atoms with Crippen LogP contribution in [-0.4, -0.2) is 43.3 Å². The van der Waals surface area contributed by atoms with Crippen molar-refractivity contribution in [3.63, 3.8) is 0 Å². The second kappa shape index (κ2) is 7.23. The van der Waals surface area contributed by atoms with E-state index in [1.165, 1.54) is 0 Å². The van der Waals surface area contributed by atoms with Crippen LogP contribution >= 0.6 is 0 Å². The van der Waals surface area contributed by atoms with Crippen LogP contribution in [0, 0.1) is 34.0 Å². The van der Waals surface area contributed by atoms with Gasteiger partial charge in [0.25, 0.3) is 0 Å². The number of aldehydes is 1. The van der Waals surface area contributed by atoms with Crippen LogP contribution in [0.3, 0.4) is 0 Å². The van der Waals surface area contributed by atoms with Gasteiger partial charge in [-0.1, -0.05) is 27.7 Å². The Morgan fingerprint density at radius 3 is 2.59 bits per heavy atom. The quantitative estimate of drug-likeness (QED) is 0.598. The molecule has 0 aromatic heterocycles. The molecule has 1 N–H and O–H groups in total. The lowest BCUT2D eigenvalue weighted by molar-refractivity contribution is -0.191. The molecule has 0 heterocycles. The third kappa shape index (κ3) is 3.30. The molecule has 0 aromatic rings. The van der Waals surface area contributed by atoms with E-state index >= 15 is 0 Å². The molecule has 5 nitrogen and oxygen atoms in total. The molecule has 8 atom stereocenters. The van der Waals surface area contributed by atoms with Gasteiger partial charge in [-0.3, -0.25) is 4.79 Å².